The van der Waals surface area contributed by atoms with Crippen LogP contribution in [0.25, 0.3) is 0 Å². The Morgan fingerprint density at radius 1 is 1.56 bits per heavy atom. The lowest BCUT2D eigenvalue weighted by Gasteiger charge is -2.30. The molecule has 16 heavy (non-hydrogen) atoms. The van der Waals surface area contributed by atoms with E-state index in [2.05, 4.69) is 26.2 Å². The summed E-state index contributed by atoms with van der Waals surface area (Å²) in [4.78, 5) is 4.37. The maximum absolute atomic E-state index is 5.51. The van der Waals surface area contributed by atoms with E-state index in [1.165, 1.54) is 0 Å². The lowest BCUT2D eigenvalue weighted by atomic mass is 10.1. The van der Waals surface area contributed by atoms with Crippen LogP contribution >= 0.6 is 27.7 Å². The molecule has 0 spiro atoms. The van der Waals surface area contributed by atoms with Crippen LogP contribution < -0.4 is 5.32 Å². The molecule has 1 aliphatic heterocycles. The molecule has 0 bridgehead atoms. The molecule has 1 saturated heterocycles. The van der Waals surface area contributed by atoms with E-state index in [0.29, 0.717) is 11.3 Å². The molecule has 1 fully saturated rings. The average Bonchev–Trinajstić information content (AvgIpc) is 2.33. The Balaban J connectivity index is 1.99. The molecule has 2 unspecified atom stereocenters. The topological polar surface area (TPSA) is 34.1 Å². The fourth-order valence-corrected chi connectivity index (χ4v) is 3.15. The summed E-state index contributed by atoms with van der Waals surface area (Å²) < 4.78 is 6.53. The number of thioether (sulfide) groups is 1. The molecule has 88 valence electrons. The zero-order valence-electron chi connectivity index (χ0n) is 9.15. The molecule has 3 nitrogen and oxygen atoms in total. The van der Waals surface area contributed by atoms with Crippen molar-refractivity contribution in [2.24, 2.45) is 0 Å². The normalized spacial score (nSPS) is 25.6. The molecule has 0 aromatic carbocycles. The molecular weight excluding hydrogens is 288 g/mol. The molecule has 5 heteroatoms. The molecule has 0 saturated carbocycles. The first kappa shape index (κ1) is 12.4. The van der Waals surface area contributed by atoms with Gasteiger partial charge in [0.1, 0.15) is 0 Å². The fraction of sp³-hybridized carbons (Fsp3) is 0.545. The SMILES string of the molecule is CNC1CCOCC1Sc1ccc(Br)cn1. The second-order valence-electron chi connectivity index (χ2n) is 3.73. The molecule has 1 N–H and O–H groups in total. The second kappa shape index (κ2) is 6.00. The first-order valence-electron chi connectivity index (χ1n) is 5.33. The highest BCUT2D eigenvalue weighted by molar-refractivity contribution is 9.10. The highest BCUT2D eigenvalue weighted by Gasteiger charge is 2.25. The molecule has 1 aromatic heterocycles. The van der Waals surface area contributed by atoms with Gasteiger partial charge in [0.05, 0.1) is 11.6 Å². The van der Waals surface area contributed by atoms with Gasteiger partial charge in [-0.05, 0) is 41.5 Å². The third-order valence-electron chi connectivity index (χ3n) is 2.65. The van der Waals surface area contributed by atoms with Gasteiger partial charge in [-0.3, -0.25) is 0 Å². The van der Waals surface area contributed by atoms with E-state index in [1.54, 1.807) is 11.8 Å². The Labute approximate surface area is 108 Å². The van der Waals surface area contributed by atoms with Crippen molar-refractivity contribution < 1.29 is 4.74 Å². The van der Waals surface area contributed by atoms with Gasteiger partial charge < -0.3 is 10.1 Å². The zero-order valence-corrected chi connectivity index (χ0v) is 11.6. The lowest BCUT2D eigenvalue weighted by molar-refractivity contribution is 0.0850. The van der Waals surface area contributed by atoms with Crippen molar-refractivity contribution in [2.75, 3.05) is 20.3 Å². The van der Waals surface area contributed by atoms with Crippen LogP contribution in [0.15, 0.2) is 27.8 Å². The van der Waals surface area contributed by atoms with E-state index in [4.69, 9.17) is 4.74 Å². The van der Waals surface area contributed by atoms with Gasteiger partial charge in [0.25, 0.3) is 0 Å². The first-order valence-corrected chi connectivity index (χ1v) is 7.00. The molecule has 2 atom stereocenters. The third kappa shape index (κ3) is 3.20. The number of rotatable bonds is 3. The molecule has 1 aliphatic rings. The van der Waals surface area contributed by atoms with Crippen molar-refractivity contribution in [1.29, 1.82) is 0 Å². The monoisotopic (exact) mass is 302 g/mol. The molecule has 0 radical (unpaired) electrons. The maximum atomic E-state index is 5.51. The van der Waals surface area contributed by atoms with Crippen LogP contribution in [-0.4, -0.2) is 36.5 Å². The molecule has 2 rings (SSSR count). The van der Waals surface area contributed by atoms with Crippen LogP contribution in [0, 0.1) is 0 Å². The number of hydrogen-bond donors (Lipinski definition) is 1. The second-order valence-corrected chi connectivity index (χ2v) is 5.90. The van der Waals surface area contributed by atoms with Crippen LogP contribution in [0.2, 0.25) is 0 Å². The van der Waals surface area contributed by atoms with Crippen molar-refractivity contribution in [3.05, 3.63) is 22.8 Å². The molecular formula is C11H15BrN2OS. The standard InChI is InChI=1S/C11H15BrN2OS/c1-13-9-4-5-15-7-10(9)16-11-3-2-8(12)6-14-11/h2-3,6,9-10,13H,4-5,7H2,1H3. The van der Waals surface area contributed by atoms with Crippen LogP contribution in [0.1, 0.15) is 6.42 Å². The molecule has 0 amide bonds. The maximum Gasteiger partial charge on any atom is 0.0964 e. The van der Waals surface area contributed by atoms with Crippen molar-refractivity contribution >= 4 is 27.7 Å². The summed E-state index contributed by atoms with van der Waals surface area (Å²) in [6.07, 6.45) is 2.91. The van der Waals surface area contributed by atoms with Crippen molar-refractivity contribution in [3.63, 3.8) is 0 Å². The summed E-state index contributed by atoms with van der Waals surface area (Å²) in [7, 11) is 2.01. The van der Waals surface area contributed by atoms with Crippen LogP contribution in [0.5, 0.6) is 0 Å². The van der Waals surface area contributed by atoms with Gasteiger partial charge in [0, 0.05) is 28.6 Å². The summed E-state index contributed by atoms with van der Waals surface area (Å²) in [6.45, 7) is 1.66. The minimum absolute atomic E-state index is 0.451. The van der Waals surface area contributed by atoms with E-state index >= 15 is 0 Å². The Kier molecular flexibility index (Phi) is 4.64. The smallest absolute Gasteiger partial charge is 0.0964 e. The Hall–Kier alpha value is -0.100. The number of pyridine rings is 1. The van der Waals surface area contributed by atoms with Crippen molar-refractivity contribution in [3.8, 4) is 0 Å². The number of ether oxygens (including phenoxy) is 1. The van der Waals surface area contributed by atoms with E-state index < -0.39 is 0 Å². The summed E-state index contributed by atoms with van der Waals surface area (Å²) in [5.74, 6) is 0. The minimum Gasteiger partial charge on any atom is -0.380 e. The van der Waals surface area contributed by atoms with Gasteiger partial charge in [-0.25, -0.2) is 4.98 Å². The van der Waals surface area contributed by atoms with Crippen molar-refractivity contribution in [1.82, 2.24) is 10.3 Å². The van der Waals surface area contributed by atoms with Crippen molar-refractivity contribution in [2.45, 2.75) is 22.7 Å². The lowest BCUT2D eigenvalue weighted by Crippen LogP contribution is -2.43. The van der Waals surface area contributed by atoms with Gasteiger partial charge in [0.2, 0.25) is 0 Å². The minimum atomic E-state index is 0.451. The molecule has 2 heterocycles. The zero-order chi connectivity index (χ0) is 11.4. The summed E-state index contributed by atoms with van der Waals surface area (Å²) >= 11 is 5.17. The number of nitrogens with zero attached hydrogens (tertiary/aromatic N) is 1. The fourth-order valence-electron chi connectivity index (χ4n) is 1.75. The highest BCUT2D eigenvalue weighted by Crippen LogP contribution is 2.28. The molecule has 0 aliphatic carbocycles. The van der Waals surface area contributed by atoms with Gasteiger partial charge in [0.15, 0.2) is 0 Å². The summed E-state index contributed by atoms with van der Waals surface area (Å²) in [5, 5.41) is 4.85. The van der Waals surface area contributed by atoms with Crippen LogP contribution in [-0.2, 0) is 4.74 Å². The van der Waals surface area contributed by atoms with Gasteiger partial charge in [-0.15, -0.1) is 0 Å². The quantitative estimate of drug-likeness (QED) is 0.929. The predicted octanol–water partition coefficient (Wildman–Crippen LogP) is 2.31. The Bertz CT molecular complexity index is 333. The van der Waals surface area contributed by atoms with E-state index in [0.717, 1.165) is 29.1 Å². The van der Waals surface area contributed by atoms with Crippen LogP contribution in [0.4, 0.5) is 0 Å². The number of halogens is 1. The summed E-state index contributed by atoms with van der Waals surface area (Å²) in [5.41, 5.74) is 0. The van der Waals surface area contributed by atoms with E-state index in [1.807, 2.05) is 25.4 Å². The molecule has 1 aromatic rings. The number of aromatic nitrogens is 1. The highest BCUT2D eigenvalue weighted by atomic mass is 79.9. The average molecular weight is 303 g/mol. The van der Waals surface area contributed by atoms with Gasteiger partial charge in [-0.2, -0.15) is 0 Å². The van der Waals surface area contributed by atoms with E-state index in [-0.39, 0.29) is 0 Å². The largest absolute Gasteiger partial charge is 0.380 e. The predicted molar refractivity (Wildman–Crippen MR) is 69.9 cm³/mol. The summed E-state index contributed by atoms with van der Waals surface area (Å²) in [6, 6.07) is 4.58. The van der Waals surface area contributed by atoms with Crippen LogP contribution in [0.3, 0.4) is 0 Å². The van der Waals surface area contributed by atoms with Gasteiger partial charge >= 0.3 is 0 Å². The Morgan fingerprint density at radius 2 is 2.44 bits per heavy atom. The third-order valence-corrected chi connectivity index (χ3v) is 4.37. The number of nitrogens with one attached hydrogen (secondary N) is 1. The first-order chi connectivity index (χ1) is 7.79. The number of hydrogen-bond acceptors (Lipinski definition) is 4. The van der Waals surface area contributed by atoms with E-state index in [9.17, 15) is 0 Å². The Morgan fingerprint density at radius 3 is 3.12 bits per heavy atom. The van der Waals surface area contributed by atoms with Gasteiger partial charge in [-0.1, -0.05) is 11.8 Å².